The van der Waals surface area contributed by atoms with E-state index in [1.165, 1.54) is 12.8 Å². The SMILES string of the molecule is C=O.CCN(C[C@H]1CCCN1)c1ncc(SC)cn1.Cc1ccc(Nc2nc(-c3sc(C)nc3C)cs2)nc1. The number of hydrogen-bond donors (Lipinski definition) is 2. The third-order valence-corrected chi connectivity index (χ3v) is 8.44. The molecule has 1 aliphatic rings. The van der Waals surface area contributed by atoms with Crippen molar-refractivity contribution in [2.24, 2.45) is 0 Å². The molecule has 0 saturated carbocycles. The van der Waals surface area contributed by atoms with Crippen LogP contribution in [-0.4, -0.2) is 63.6 Å². The van der Waals surface area contributed by atoms with E-state index >= 15 is 0 Å². The van der Waals surface area contributed by atoms with Crippen LogP contribution in [-0.2, 0) is 4.79 Å². The molecule has 4 aromatic rings. The fourth-order valence-corrected chi connectivity index (χ4v) is 5.94. The minimum Gasteiger partial charge on any atom is -0.340 e. The van der Waals surface area contributed by atoms with Gasteiger partial charge in [0.1, 0.15) is 12.6 Å². The zero-order valence-electron chi connectivity index (χ0n) is 23.1. The highest BCUT2D eigenvalue weighted by Gasteiger charge is 2.18. The number of rotatable bonds is 8. The predicted octanol–water partition coefficient (Wildman–Crippen LogP) is 5.92. The van der Waals surface area contributed by atoms with Crippen molar-refractivity contribution in [3.05, 3.63) is 52.4 Å². The van der Waals surface area contributed by atoms with E-state index in [-0.39, 0.29) is 0 Å². The number of aromatic nitrogens is 5. The topological polar surface area (TPSA) is 109 Å². The fraction of sp³-hybridized carbons (Fsp3) is 0.407. The molecule has 208 valence electrons. The van der Waals surface area contributed by atoms with Crippen molar-refractivity contribution in [2.75, 3.05) is 36.1 Å². The highest BCUT2D eigenvalue weighted by Crippen LogP contribution is 2.32. The molecule has 5 heterocycles. The van der Waals surface area contributed by atoms with Crippen molar-refractivity contribution in [1.29, 1.82) is 0 Å². The van der Waals surface area contributed by atoms with Gasteiger partial charge in [-0.1, -0.05) is 6.07 Å². The Hall–Kier alpha value is -2.93. The van der Waals surface area contributed by atoms with E-state index in [0.717, 1.165) is 68.3 Å². The lowest BCUT2D eigenvalue weighted by Crippen LogP contribution is -2.38. The molecule has 12 heteroatoms. The van der Waals surface area contributed by atoms with Gasteiger partial charge in [0.05, 0.1) is 21.3 Å². The first-order chi connectivity index (χ1) is 18.9. The largest absolute Gasteiger partial charge is 0.340 e. The monoisotopic (exact) mass is 584 g/mol. The van der Waals surface area contributed by atoms with E-state index in [2.05, 4.69) is 52.8 Å². The molecule has 0 spiro atoms. The van der Waals surface area contributed by atoms with Crippen molar-refractivity contribution in [3.8, 4) is 10.6 Å². The van der Waals surface area contributed by atoms with Crippen LogP contribution in [0, 0.1) is 20.8 Å². The Labute approximate surface area is 243 Å². The quantitative estimate of drug-likeness (QED) is 0.242. The molecule has 1 fully saturated rings. The molecule has 1 atom stereocenters. The summed E-state index contributed by atoms with van der Waals surface area (Å²) >= 11 is 4.93. The number of pyridine rings is 1. The number of hydrogen-bond acceptors (Lipinski definition) is 12. The van der Waals surface area contributed by atoms with E-state index in [0.29, 0.717) is 6.04 Å². The zero-order chi connectivity index (χ0) is 28.2. The van der Waals surface area contributed by atoms with Gasteiger partial charge in [0, 0.05) is 48.0 Å². The second-order valence-corrected chi connectivity index (χ2v) is 11.7. The van der Waals surface area contributed by atoms with Crippen LogP contribution in [0.2, 0.25) is 0 Å². The number of aryl methyl sites for hydroxylation is 3. The number of thiazole rings is 2. The first-order valence-corrected chi connectivity index (χ1v) is 15.6. The Balaban J connectivity index is 0.000000205. The summed E-state index contributed by atoms with van der Waals surface area (Å²) in [5, 5.41) is 10.7. The van der Waals surface area contributed by atoms with Gasteiger partial charge in [0.25, 0.3) is 0 Å². The lowest BCUT2D eigenvalue weighted by molar-refractivity contribution is -0.0979. The highest BCUT2D eigenvalue weighted by atomic mass is 32.2. The molecule has 0 radical (unpaired) electrons. The summed E-state index contributed by atoms with van der Waals surface area (Å²) in [5.41, 5.74) is 3.16. The standard InChI is InChI=1S/C14H14N4S2.C12H20N4S.CH2O/c1-8-4-5-12(15-6-8)18-14-17-11(7-19-14)13-9(2)16-10(3)20-13;1-3-16(9-10-5-4-6-13-10)12-14-7-11(17-2)8-15-12;1-2/h4-7H,1-3H3,(H,15,17,18);7-8,10,13H,3-6,9H2,1-2H3;1H2/t;10-;/m.1./s1. The second kappa shape index (κ2) is 15.6. The van der Waals surface area contributed by atoms with Gasteiger partial charge < -0.3 is 20.3 Å². The van der Waals surface area contributed by atoms with E-state index in [9.17, 15) is 0 Å². The Morgan fingerprint density at radius 1 is 1.13 bits per heavy atom. The van der Waals surface area contributed by atoms with E-state index in [4.69, 9.17) is 4.79 Å². The predicted molar refractivity (Wildman–Crippen MR) is 165 cm³/mol. The molecule has 0 bridgehead atoms. The molecule has 9 nitrogen and oxygen atoms in total. The number of nitrogens with zero attached hydrogens (tertiary/aromatic N) is 6. The molecule has 4 aromatic heterocycles. The maximum atomic E-state index is 8.00. The minimum absolute atomic E-state index is 0.596. The molecular formula is C27H36N8OS3. The van der Waals surface area contributed by atoms with Crippen molar-refractivity contribution in [2.45, 2.75) is 51.5 Å². The van der Waals surface area contributed by atoms with E-state index < -0.39 is 0 Å². The van der Waals surface area contributed by atoms with Gasteiger partial charge in [-0.15, -0.1) is 34.4 Å². The van der Waals surface area contributed by atoms with Gasteiger partial charge in [-0.3, -0.25) is 0 Å². The third-order valence-electron chi connectivity index (χ3n) is 5.90. The lowest BCUT2D eigenvalue weighted by Gasteiger charge is -2.24. The maximum absolute atomic E-state index is 8.00. The molecule has 0 aromatic carbocycles. The molecule has 39 heavy (non-hydrogen) atoms. The fourth-order valence-electron chi connectivity index (χ4n) is 3.96. The normalized spacial score (nSPS) is 14.1. The van der Waals surface area contributed by atoms with Crippen LogP contribution in [0.3, 0.4) is 0 Å². The summed E-state index contributed by atoms with van der Waals surface area (Å²) in [4.78, 5) is 34.7. The summed E-state index contributed by atoms with van der Waals surface area (Å²) in [5.74, 6) is 1.66. The lowest BCUT2D eigenvalue weighted by atomic mass is 10.2. The molecular weight excluding hydrogens is 549 g/mol. The number of carbonyl (C=O) groups excluding carboxylic acids is 1. The first kappa shape index (κ1) is 30.6. The van der Waals surface area contributed by atoms with E-state index in [1.807, 2.05) is 64.5 Å². The average molecular weight is 585 g/mol. The molecule has 0 unspecified atom stereocenters. The van der Waals surface area contributed by atoms with Crippen molar-refractivity contribution >= 4 is 58.1 Å². The van der Waals surface area contributed by atoms with Crippen LogP contribution in [0.1, 0.15) is 36.0 Å². The summed E-state index contributed by atoms with van der Waals surface area (Å²) in [6, 6.07) is 4.58. The molecule has 2 N–H and O–H groups in total. The molecule has 5 rings (SSSR count). The summed E-state index contributed by atoms with van der Waals surface area (Å²) < 4.78 is 0. The summed E-state index contributed by atoms with van der Waals surface area (Å²) in [6.45, 7) is 13.3. The Morgan fingerprint density at radius 2 is 1.90 bits per heavy atom. The van der Waals surface area contributed by atoms with E-state index in [1.54, 1.807) is 34.4 Å². The van der Waals surface area contributed by atoms with Crippen LogP contribution in [0.4, 0.5) is 16.9 Å². The third kappa shape index (κ3) is 9.06. The number of anilines is 3. The van der Waals surface area contributed by atoms with Crippen molar-refractivity contribution < 1.29 is 4.79 Å². The van der Waals surface area contributed by atoms with Gasteiger partial charge in [-0.05, 0) is 65.0 Å². The molecule has 0 amide bonds. The summed E-state index contributed by atoms with van der Waals surface area (Å²) in [7, 11) is 0. The molecule has 1 aliphatic heterocycles. The number of likely N-dealkylation sites (N-methyl/N-ethyl adjacent to an activating group) is 1. The van der Waals surface area contributed by atoms with Crippen LogP contribution in [0.15, 0.2) is 41.0 Å². The molecule has 0 aliphatic carbocycles. The van der Waals surface area contributed by atoms with Crippen molar-refractivity contribution in [3.63, 3.8) is 0 Å². The minimum atomic E-state index is 0.596. The van der Waals surface area contributed by atoms with Crippen LogP contribution < -0.4 is 15.5 Å². The van der Waals surface area contributed by atoms with Crippen LogP contribution in [0.25, 0.3) is 10.6 Å². The summed E-state index contributed by atoms with van der Waals surface area (Å²) in [6.07, 6.45) is 10.2. The average Bonchev–Trinajstić information content (AvgIpc) is 3.72. The number of carbonyl (C=O) groups is 1. The smallest absolute Gasteiger partial charge is 0.225 e. The Kier molecular flexibility index (Phi) is 12.2. The van der Waals surface area contributed by atoms with Crippen LogP contribution >= 0.6 is 34.4 Å². The van der Waals surface area contributed by atoms with Gasteiger partial charge >= 0.3 is 0 Å². The zero-order valence-corrected chi connectivity index (χ0v) is 25.5. The Morgan fingerprint density at radius 3 is 2.46 bits per heavy atom. The first-order valence-electron chi connectivity index (χ1n) is 12.7. The van der Waals surface area contributed by atoms with Crippen molar-refractivity contribution in [1.82, 2.24) is 30.2 Å². The number of thioether (sulfide) groups is 1. The van der Waals surface area contributed by atoms with Gasteiger partial charge in [0.2, 0.25) is 5.95 Å². The Bertz CT molecular complexity index is 1270. The van der Waals surface area contributed by atoms with Gasteiger partial charge in [-0.2, -0.15) is 0 Å². The van der Waals surface area contributed by atoms with Gasteiger partial charge in [-0.25, -0.2) is 24.9 Å². The molecule has 1 saturated heterocycles. The van der Waals surface area contributed by atoms with Crippen LogP contribution in [0.5, 0.6) is 0 Å². The number of nitrogens with one attached hydrogen (secondary N) is 2. The van der Waals surface area contributed by atoms with Gasteiger partial charge in [0.15, 0.2) is 5.13 Å². The maximum Gasteiger partial charge on any atom is 0.225 e. The second-order valence-electron chi connectivity index (χ2n) is 8.79. The highest BCUT2D eigenvalue weighted by molar-refractivity contribution is 7.98.